The van der Waals surface area contributed by atoms with Crippen LogP contribution >= 0.6 is 11.6 Å². The van der Waals surface area contributed by atoms with E-state index in [-0.39, 0.29) is 6.61 Å². The first-order valence-electron chi connectivity index (χ1n) is 8.11. The summed E-state index contributed by atoms with van der Waals surface area (Å²) in [4.78, 5) is 23.7. The van der Waals surface area contributed by atoms with Crippen molar-refractivity contribution in [3.63, 3.8) is 0 Å². The van der Waals surface area contributed by atoms with Gasteiger partial charge >= 0.3 is 5.97 Å². The average Bonchev–Trinajstić information content (AvgIpc) is 3.08. The van der Waals surface area contributed by atoms with Crippen LogP contribution in [0.25, 0.3) is 0 Å². The first-order valence-corrected chi connectivity index (χ1v) is 8.48. The third kappa shape index (κ3) is 4.08. The molecule has 0 spiro atoms. The summed E-state index contributed by atoms with van der Waals surface area (Å²) in [5.74, 6) is -0.421. The summed E-state index contributed by atoms with van der Waals surface area (Å²) in [5.41, 5.74) is 2.27. The van der Waals surface area contributed by atoms with Gasteiger partial charge in [0.15, 0.2) is 12.6 Å². The molecular weight excluding hydrogens is 358 g/mol. The van der Waals surface area contributed by atoms with Crippen LogP contribution in [0.1, 0.15) is 22.7 Å². The highest BCUT2D eigenvalue weighted by molar-refractivity contribution is 6.31. The summed E-state index contributed by atoms with van der Waals surface area (Å²) in [7, 11) is 0. The van der Waals surface area contributed by atoms with Gasteiger partial charge in [-0.15, -0.1) is 0 Å². The largest absolute Gasteiger partial charge is 0.493 e. The van der Waals surface area contributed by atoms with Gasteiger partial charge in [-0.2, -0.15) is 0 Å². The zero-order valence-electron chi connectivity index (χ0n) is 14.1. The van der Waals surface area contributed by atoms with Crippen molar-refractivity contribution in [1.29, 1.82) is 0 Å². The van der Waals surface area contributed by atoms with E-state index in [0.29, 0.717) is 22.9 Å². The van der Waals surface area contributed by atoms with Gasteiger partial charge in [0.2, 0.25) is 0 Å². The van der Waals surface area contributed by atoms with E-state index in [1.807, 2.05) is 6.92 Å². The molecule has 7 heteroatoms. The quantitative estimate of drug-likeness (QED) is 0.811. The van der Waals surface area contributed by atoms with E-state index in [4.69, 9.17) is 21.1 Å². The Kier molecular flexibility index (Phi) is 5.32. The van der Waals surface area contributed by atoms with Crippen molar-refractivity contribution in [2.45, 2.75) is 19.4 Å². The number of amides is 1. The van der Waals surface area contributed by atoms with Crippen LogP contribution in [0.3, 0.4) is 0 Å². The van der Waals surface area contributed by atoms with Gasteiger partial charge in [0, 0.05) is 11.4 Å². The zero-order chi connectivity index (χ0) is 18.7. The van der Waals surface area contributed by atoms with Crippen LogP contribution < -0.4 is 14.8 Å². The molecule has 1 unspecified atom stereocenters. The Labute approximate surface area is 155 Å². The summed E-state index contributed by atoms with van der Waals surface area (Å²) >= 11 is 5.95. The minimum atomic E-state index is -1.15. The predicted octanol–water partition coefficient (Wildman–Crippen LogP) is 2.90. The Morgan fingerprint density at radius 3 is 2.85 bits per heavy atom. The van der Waals surface area contributed by atoms with E-state index in [1.54, 1.807) is 36.4 Å². The fourth-order valence-corrected chi connectivity index (χ4v) is 2.85. The molecule has 0 aromatic heterocycles. The number of rotatable bonds is 6. The molecule has 2 aromatic carbocycles. The number of halogens is 1. The highest BCUT2D eigenvalue weighted by Crippen LogP contribution is 2.28. The molecule has 0 fully saturated rings. The van der Waals surface area contributed by atoms with Gasteiger partial charge in [-0.05, 0) is 53.9 Å². The number of hydrogen-bond donors (Lipinski definition) is 2. The second-order valence-electron chi connectivity index (χ2n) is 6.00. The number of hydrogen-bond acceptors (Lipinski definition) is 4. The molecule has 0 bridgehead atoms. The van der Waals surface area contributed by atoms with Crippen molar-refractivity contribution in [3.05, 3.63) is 58.1 Å². The van der Waals surface area contributed by atoms with Crippen LogP contribution in [0.5, 0.6) is 11.5 Å². The zero-order valence-corrected chi connectivity index (χ0v) is 14.9. The molecule has 3 rings (SSSR count). The van der Waals surface area contributed by atoms with Crippen molar-refractivity contribution in [1.82, 2.24) is 5.32 Å². The standard InChI is InChI=1S/C19H18ClNO5/c1-11-8-14(3-4-15(11)20)26-10-17(22)21-18(19(23)24)13-2-5-16-12(9-13)6-7-25-16/h2-5,8-9,18H,6-7,10H2,1H3,(H,21,22)(H,23,24). The molecule has 0 saturated heterocycles. The molecule has 0 saturated carbocycles. The number of carbonyl (C=O) groups excluding carboxylic acids is 1. The lowest BCUT2D eigenvalue weighted by Crippen LogP contribution is -2.36. The highest BCUT2D eigenvalue weighted by atomic mass is 35.5. The van der Waals surface area contributed by atoms with E-state index < -0.39 is 17.9 Å². The number of carbonyl (C=O) groups is 2. The number of ether oxygens (including phenoxy) is 2. The maximum absolute atomic E-state index is 12.1. The summed E-state index contributed by atoms with van der Waals surface area (Å²) in [5, 5.41) is 12.6. The van der Waals surface area contributed by atoms with Gasteiger partial charge in [-0.3, -0.25) is 4.79 Å². The second kappa shape index (κ2) is 7.66. The van der Waals surface area contributed by atoms with E-state index in [0.717, 1.165) is 23.3 Å². The first kappa shape index (κ1) is 18.1. The van der Waals surface area contributed by atoms with Crippen LogP contribution in [0.2, 0.25) is 5.02 Å². The number of aliphatic carboxylic acids is 1. The van der Waals surface area contributed by atoms with E-state index >= 15 is 0 Å². The molecule has 1 amide bonds. The van der Waals surface area contributed by atoms with Gasteiger partial charge in [0.1, 0.15) is 11.5 Å². The third-order valence-corrected chi connectivity index (χ3v) is 4.52. The van der Waals surface area contributed by atoms with Crippen molar-refractivity contribution in [3.8, 4) is 11.5 Å². The summed E-state index contributed by atoms with van der Waals surface area (Å²) in [6, 6.07) is 9.02. The minimum Gasteiger partial charge on any atom is -0.493 e. The molecule has 1 aliphatic rings. The molecule has 2 N–H and O–H groups in total. The molecule has 1 aliphatic heterocycles. The van der Waals surface area contributed by atoms with Gasteiger partial charge in [-0.25, -0.2) is 4.79 Å². The van der Waals surface area contributed by atoms with Crippen LogP contribution in [0, 0.1) is 6.92 Å². The molecule has 6 nitrogen and oxygen atoms in total. The Morgan fingerprint density at radius 2 is 2.12 bits per heavy atom. The monoisotopic (exact) mass is 375 g/mol. The Bertz CT molecular complexity index is 852. The van der Waals surface area contributed by atoms with E-state index in [1.165, 1.54) is 0 Å². The molecule has 136 valence electrons. The van der Waals surface area contributed by atoms with Crippen molar-refractivity contribution in [2.24, 2.45) is 0 Å². The SMILES string of the molecule is Cc1cc(OCC(=O)NC(C(=O)O)c2ccc3c(c2)CCO3)ccc1Cl. The van der Waals surface area contributed by atoms with Crippen LogP contribution in [0.4, 0.5) is 0 Å². The molecule has 0 aliphatic carbocycles. The van der Waals surface area contributed by atoms with Gasteiger partial charge < -0.3 is 19.9 Å². The van der Waals surface area contributed by atoms with Crippen molar-refractivity contribution >= 4 is 23.5 Å². The topological polar surface area (TPSA) is 84.9 Å². The number of carboxylic acids is 1. The number of carboxylic acid groups (broad SMARTS) is 1. The van der Waals surface area contributed by atoms with Crippen LogP contribution in [-0.4, -0.2) is 30.2 Å². The molecule has 1 heterocycles. The lowest BCUT2D eigenvalue weighted by atomic mass is 10.0. The highest BCUT2D eigenvalue weighted by Gasteiger charge is 2.24. The molecule has 2 aromatic rings. The van der Waals surface area contributed by atoms with E-state index in [2.05, 4.69) is 5.32 Å². The average molecular weight is 376 g/mol. The molecule has 1 atom stereocenters. The third-order valence-electron chi connectivity index (χ3n) is 4.10. The maximum atomic E-state index is 12.1. The number of aryl methyl sites for hydroxylation is 1. The summed E-state index contributed by atoms with van der Waals surface area (Å²) in [6.45, 7) is 2.11. The van der Waals surface area contributed by atoms with Gasteiger partial charge in [0.05, 0.1) is 6.61 Å². The van der Waals surface area contributed by atoms with Crippen LogP contribution in [-0.2, 0) is 16.0 Å². The minimum absolute atomic E-state index is 0.293. The van der Waals surface area contributed by atoms with E-state index in [9.17, 15) is 14.7 Å². The van der Waals surface area contributed by atoms with Crippen molar-refractivity contribution < 1.29 is 24.2 Å². The lowest BCUT2D eigenvalue weighted by molar-refractivity contribution is -0.142. The fourth-order valence-electron chi connectivity index (χ4n) is 2.73. The Morgan fingerprint density at radius 1 is 1.31 bits per heavy atom. The Balaban J connectivity index is 1.65. The molecule has 0 radical (unpaired) electrons. The second-order valence-corrected chi connectivity index (χ2v) is 6.41. The van der Waals surface area contributed by atoms with Gasteiger partial charge in [0.25, 0.3) is 5.91 Å². The normalized spacial score (nSPS) is 13.5. The summed E-state index contributed by atoms with van der Waals surface area (Å²) in [6.07, 6.45) is 0.725. The lowest BCUT2D eigenvalue weighted by Gasteiger charge is -2.16. The molecular formula is C19H18ClNO5. The van der Waals surface area contributed by atoms with Crippen LogP contribution in [0.15, 0.2) is 36.4 Å². The molecule has 26 heavy (non-hydrogen) atoms. The van der Waals surface area contributed by atoms with Gasteiger partial charge in [-0.1, -0.05) is 17.7 Å². The van der Waals surface area contributed by atoms with Crippen molar-refractivity contribution in [2.75, 3.05) is 13.2 Å². The summed E-state index contributed by atoms with van der Waals surface area (Å²) < 4.78 is 10.8. The predicted molar refractivity (Wildman–Crippen MR) is 95.8 cm³/mol. The Hall–Kier alpha value is -2.73. The fraction of sp³-hybridized carbons (Fsp3) is 0.263. The number of nitrogens with one attached hydrogen (secondary N) is 1. The number of fused-ring (bicyclic) bond motifs is 1. The maximum Gasteiger partial charge on any atom is 0.330 e. The smallest absolute Gasteiger partial charge is 0.330 e. The first-order chi connectivity index (χ1) is 12.4. The number of benzene rings is 2.